The van der Waals surface area contributed by atoms with Crippen LogP contribution in [0.4, 0.5) is 0 Å². The molecule has 23 heavy (non-hydrogen) atoms. The summed E-state index contributed by atoms with van der Waals surface area (Å²) < 4.78 is 30.5. The van der Waals surface area contributed by atoms with Gasteiger partial charge >= 0.3 is 0 Å². The Morgan fingerprint density at radius 2 is 1.65 bits per heavy atom. The molecule has 0 spiro atoms. The lowest BCUT2D eigenvalue weighted by Crippen LogP contribution is -2.26. The second-order valence-corrected chi connectivity index (χ2v) is 9.03. The summed E-state index contributed by atoms with van der Waals surface area (Å²) in [7, 11) is -3.82. The fourth-order valence-electron chi connectivity index (χ4n) is 1.89. The van der Waals surface area contributed by atoms with Gasteiger partial charge in [-0.05, 0) is 42.0 Å². The number of halogens is 3. The summed E-state index contributed by atoms with van der Waals surface area (Å²) >= 11 is 15.2. The monoisotopic (exact) mass is 436 g/mol. The first-order chi connectivity index (χ1) is 10.6. The molecule has 7 heteroatoms. The highest BCUT2D eigenvalue weighted by Crippen LogP contribution is 2.31. The molecule has 0 aliphatic rings. The topological polar surface area (TPSA) is 43.4 Å². The van der Waals surface area contributed by atoms with Crippen LogP contribution in [0.1, 0.15) is 19.4 Å². The van der Waals surface area contributed by atoms with E-state index in [0.29, 0.717) is 10.0 Å². The van der Waals surface area contributed by atoms with Gasteiger partial charge in [0.05, 0.1) is 21.5 Å². The van der Waals surface area contributed by atoms with Crippen LogP contribution in [-0.4, -0.2) is 15.0 Å². The summed E-state index contributed by atoms with van der Waals surface area (Å²) in [6, 6.07) is 11.5. The van der Waals surface area contributed by atoms with Crippen molar-refractivity contribution in [1.29, 1.82) is 0 Å². The van der Waals surface area contributed by atoms with Crippen molar-refractivity contribution < 1.29 is 12.6 Å². The highest BCUT2D eigenvalue weighted by molar-refractivity contribution is 9.10. The SMILES string of the molecule is CC(C)(COS(=O)(=O)c1ccc(Br)cc1)c1ccc(Cl)c(Cl)c1. The van der Waals surface area contributed by atoms with Crippen molar-refractivity contribution in [2.45, 2.75) is 24.2 Å². The summed E-state index contributed by atoms with van der Waals surface area (Å²) in [5, 5.41) is 0.877. The minimum atomic E-state index is -3.82. The first-order valence-corrected chi connectivity index (χ1v) is 9.68. The van der Waals surface area contributed by atoms with Gasteiger partial charge in [0.2, 0.25) is 0 Å². The lowest BCUT2D eigenvalue weighted by Gasteiger charge is -2.25. The molecular formula is C16H15BrCl2O3S. The van der Waals surface area contributed by atoms with E-state index in [2.05, 4.69) is 15.9 Å². The summed E-state index contributed by atoms with van der Waals surface area (Å²) in [6.07, 6.45) is 0. The Bertz CT molecular complexity index is 803. The Morgan fingerprint density at radius 3 is 2.22 bits per heavy atom. The largest absolute Gasteiger partial charge is 0.297 e. The van der Waals surface area contributed by atoms with Crippen LogP contribution in [0.2, 0.25) is 10.0 Å². The molecule has 3 nitrogen and oxygen atoms in total. The van der Waals surface area contributed by atoms with Crippen LogP contribution in [0, 0.1) is 0 Å². The van der Waals surface area contributed by atoms with Gasteiger partial charge in [0, 0.05) is 9.89 Å². The molecule has 2 aromatic rings. The van der Waals surface area contributed by atoms with Gasteiger partial charge in [0.1, 0.15) is 0 Å². The molecule has 0 saturated heterocycles. The van der Waals surface area contributed by atoms with E-state index >= 15 is 0 Å². The second-order valence-electron chi connectivity index (χ2n) is 5.68. The van der Waals surface area contributed by atoms with Crippen molar-refractivity contribution in [2.24, 2.45) is 0 Å². The molecule has 0 aliphatic carbocycles. The fourth-order valence-corrected chi connectivity index (χ4v) is 3.51. The van der Waals surface area contributed by atoms with Gasteiger partial charge in [-0.25, -0.2) is 0 Å². The zero-order valence-electron chi connectivity index (χ0n) is 12.5. The van der Waals surface area contributed by atoms with Crippen LogP contribution < -0.4 is 0 Å². The van der Waals surface area contributed by atoms with Crippen LogP contribution in [0.3, 0.4) is 0 Å². The first-order valence-electron chi connectivity index (χ1n) is 6.72. The van der Waals surface area contributed by atoms with E-state index < -0.39 is 15.5 Å². The lowest BCUT2D eigenvalue weighted by molar-refractivity contribution is 0.246. The molecule has 2 rings (SSSR count). The van der Waals surface area contributed by atoms with Crippen LogP contribution in [0.5, 0.6) is 0 Å². The quantitative estimate of drug-likeness (QED) is 0.585. The van der Waals surface area contributed by atoms with E-state index in [4.69, 9.17) is 27.4 Å². The summed E-state index contributed by atoms with van der Waals surface area (Å²) in [6.45, 7) is 3.75. The predicted octanol–water partition coefficient (Wildman–Crippen LogP) is 5.44. The van der Waals surface area contributed by atoms with Crippen molar-refractivity contribution in [1.82, 2.24) is 0 Å². The van der Waals surface area contributed by atoms with Crippen molar-refractivity contribution in [3.63, 3.8) is 0 Å². The Balaban J connectivity index is 2.17. The normalized spacial score (nSPS) is 12.4. The van der Waals surface area contributed by atoms with Crippen LogP contribution >= 0.6 is 39.1 Å². The van der Waals surface area contributed by atoms with E-state index in [1.807, 2.05) is 19.9 Å². The van der Waals surface area contributed by atoms with Crippen molar-refractivity contribution in [3.05, 3.63) is 62.5 Å². The zero-order valence-corrected chi connectivity index (χ0v) is 16.4. The van der Waals surface area contributed by atoms with Gasteiger partial charge in [-0.3, -0.25) is 4.18 Å². The highest BCUT2D eigenvalue weighted by Gasteiger charge is 2.26. The van der Waals surface area contributed by atoms with Gasteiger partial charge in [-0.15, -0.1) is 0 Å². The van der Waals surface area contributed by atoms with E-state index in [9.17, 15) is 8.42 Å². The van der Waals surface area contributed by atoms with Gasteiger partial charge < -0.3 is 0 Å². The highest BCUT2D eigenvalue weighted by atomic mass is 79.9. The zero-order chi connectivity index (χ0) is 17.3. The molecule has 0 radical (unpaired) electrons. The van der Waals surface area contributed by atoms with Gasteiger partial charge in [0.15, 0.2) is 0 Å². The van der Waals surface area contributed by atoms with Gasteiger partial charge in [-0.2, -0.15) is 8.42 Å². The Kier molecular flexibility index (Phi) is 5.80. The molecule has 0 amide bonds. The average Bonchev–Trinajstić information content (AvgIpc) is 2.48. The maximum Gasteiger partial charge on any atom is 0.297 e. The molecule has 0 saturated carbocycles. The minimum absolute atomic E-state index is 0.0106. The number of benzene rings is 2. The third-order valence-electron chi connectivity index (χ3n) is 3.38. The molecule has 0 aromatic heterocycles. The molecule has 0 fully saturated rings. The Hall–Kier alpha value is -0.590. The molecular weight excluding hydrogens is 423 g/mol. The lowest BCUT2D eigenvalue weighted by atomic mass is 9.86. The average molecular weight is 438 g/mol. The third kappa shape index (κ3) is 4.70. The second kappa shape index (κ2) is 7.11. The van der Waals surface area contributed by atoms with E-state index in [-0.39, 0.29) is 11.5 Å². The summed E-state index contributed by atoms with van der Waals surface area (Å²) in [5.74, 6) is 0. The van der Waals surface area contributed by atoms with Gasteiger partial charge in [-0.1, -0.05) is 59.0 Å². The van der Waals surface area contributed by atoms with E-state index in [1.165, 1.54) is 12.1 Å². The van der Waals surface area contributed by atoms with Crippen LogP contribution in [-0.2, 0) is 19.7 Å². The molecule has 124 valence electrons. The fraction of sp³-hybridized carbons (Fsp3) is 0.250. The van der Waals surface area contributed by atoms with Crippen molar-refractivity contribution in [3.8, 4) is 0 Å². The maximum absolute atomic E-state index is 12.3. The number of hydrogen-bond donors (Lipinski definition) is 0. The smallest absolute Gasteiger partial charge is 0.265 e. The minimum Gasteiger partial charge on any atom is -0.265 e. The molecule has 0 atom stereocenters. The summed E-state index contributed by atoms with van der Waals surface area (Å²) in [4.78, 5) is 0.116. The van der Waals surface area contributed by atoms with E-state index in [1.54, 1.807) is 24.3 Å². The molecule has 0 N–H and O–H groups in total. The molecule has 0 heterocycles. The van der Waals surface area contributed by atoms with Crippen molar-refractivity contribution >= 4 is 49.2 Å². The number of rotatable bonds is 5. The Labute approximate surface area is 154 Å². The summed E-state index contributed by atoms with van der Waals surface area (Å²) in [5.41, 5.74) is 0.300. The van der Waals surface area contributed by atoms with Crippen LogP contribution in [0.25, 0.3) is 0 Å². The Morgan fingerprint density at radius 1 is 1.04 bits per heavy atom. The first kappa shape index (κ1) is 18.7. The van der Waals surface area contributed by atoms with E-state index in [0.717, 1.165) is 10.0 Å². The van der Waals surface area contributed by atoms with Crippen LogP contribution in [0.15, 0.2) is 51.8 Å². The standard InChI is InChI=1S/C16H15BrCl2O3S/c1-16(2,11-3-8-14(18)15(19)9-11)10-22-23(20,21)13-6-4-12(17)5-7-13/h3-9H,10H2,1-2H3. The third-order valence-corrected chi connectivity index (χ3v) is 5.92. The van der Waals surface area contributed by atoms with Crippen molar-refractivity contribution in [2.75, 3.05) is 6.61 Å². The maximum atomic E-state index is 12.3. The molecule has 0 aliphatic heterocycles. The molecule has 2 aromatic carbocycles. The molecule has 0 bridgehead atoms. The predicted molar refractivity (Wildman–Crippen MR) is 96.8 cm³/mol. The molecule has 0 unspecified atom stereocenters. The number of hydrogen-bond acceptors (Lipinski definition) is 3. The van der Waals surface area contributed by atoms with Gasteiger partial charge in [0.25, 0.3) is 10.1 Å².